The van der Waals surface area contributed by atoms with E-state index in [1.165, 1.54) is 0 Å². The van der Waals surface area contributed by atoms with Crippen LogP contribution in [-0.2, 0) is 0 Å². The smallest absolute Gasteiger partial charge is 0.236 e. The molecule has 0 fully saturated rings. The van der Waals surface area contributed by atoms with Crippen molar-refractivity contribution >= 4 is 23.1 Å². The van der Waals surface area contributed by atoms with E-state index in [9.17, 15) is 4.79 Å². The molecule has 0 aliphatic carbocycles. The van der Waals surface area contributed by atoms with Crippen molar-refractivity contribution in [3.8, 4) is 11.8 Å². The van der Waals surface area contributed by atoms with Gasteiger partial charge in [0.25, 0.3) is 0 Å². The molecule has 2 aromatic carbocycles. The van der Waals surface area contributed by atoms with Gasteiger partial charge in [-0.1, -0.05) is 40.8 Å². The van der Waals surface area contributed by atoms with Crippen LogP contribution < -0.4 is 0 Å². The Hall–Kier alpha value is -2.73. The van der Waals surface area contributed by atoms with Crippen LogP contribution in [-0.4, -0.2) is 5.78 Å². The van der Waals surface area contributed by atoms with Crippen LogP contribution in [0.15, 0.2) is 53.6 Å². The minimum Gasteiger partial charge on any atom is -0.279 e. The summed E-state index contributed by atoms with van der Waals surface area (Å²) in [5.74, 6) is 4.86. The Kier molecular flexibility index (Phi) is 4.41. The molecule has 4 nitrogen and oxygen atoms in total. The number of rotatable bonds is 2. The van der Waals surface area contributed by atoms with Crippen LogP contribution in [0.25, 0.3) is 10.4 Å². The third kappa shape index (κ3) is 3.39. The van der Waals surface area contributed by atoms with Gasteiger partial charge in [0.05, 0.1) is 0 Å². The Morgan fingerprint density at radius 3 is 2.55 bits per heavy atom. The van der Waals surface area contributed by atoms with Gasteiger partial charge in [-0.25, -0.2) is 0 Å². The molecule has 0 amide bonds. The van der Waals surface area contributed by atoms with E-state index >= 15 is 0 Å². The first-order valence-electron chi connectivity index (χ1n) is 5.67. The highest BCUT2D eigenvalue weighted by Crippen LogP contribution is 2.19. The molecule has 0 bridgehead atoms. The number of nitrogens with zero attached hydrogens (tertiary/aromatic N) is 3. The van der Waals surface area contributed by atoms with E-state index in [-0.39, 0.29) is 11.3 Å². The van der Waals surface area contributed by atoms with Crippen LogP contribution in [0.2, 0.25) is 5.02 Å². The first-order valence-corrected chi connectivity index (χ1v) is 6.04. The fourth-order valence-corrected chi connectivity index (χ4v) is 1.66. The number of benzene rings is 2. The number of carbonyl (C=O) groups is 1. The summed E-state index contributed by atoms with van der Waals surface area (Å²) in [5.41, 5.74) is 9.70. The van der Waals surface area contributed by atoms with Gasteiger partial charge in [0, 0.05) is 26.7 Å². The van der Waals surface area contributed by atoms with Gasteiger partial charge in [-0.15, -0.1) is 0 Å². The molecule has 0 aliphatic rings. The second kappa shape index (κ2) is 6.44. The van der Waals surface area contributed by atoms with Crippen molar-refractivity contribution in [3.63, 3.8) is 0 Å². The van der Waals surface area contributed by atoms with Gasteiger partial charge in [-0.2, -0.15) is 0 Å². The van der Waals surface area contributed by atoms with Crippen molar-refractivity contribution in [2.75, 3.05) is 0 Å². The van der Waals surface area contributed by atoms with E-state index < -0.39 is 5.78 Å². The van der Waals surface area contributed by atoms with Crippen LogP contribution >= 0.6 is 11.6 Å². The molecule has 2 rings (SSSR count). The van der Waals surface area contributed by atoms with Crippen molar-refractivity contribution in [1.29, 1.82) is 0 Å². The lowest BCUT2D eigenvalue weighted by Crippen LogP contribution is -1.95. The Labute approximate surface area is 120 Å². The molecule has 2 aromatic rings. The molecule has 0 radical (unpaired) electrons. The first-order chi connectivity index (χ1) is 9.70. The van der Waals surface area contributed by atoms with E-state index in [1.54, 1.807) is 48.5 Å². The molecule has 0 N–H and O–H groups in total. The molecule has 0 saturated heterocycles. The summed E-state index contributed by atoms with van der Waals surface area (Å²) in [6.07, 6.45) is 0. The van der Waals surface area contributed by atoms with Crippen LogP contribution in [0, 0.1) is 11.8 Å². The molecule has 0 aromatic heterocycles. The Morgan fingerprint density at radius 2 is 1.85 bits per heavy atom. The highest BCUT2D eigenvalue weighted by Gasteiger charge is 2.06. The number of ketones is 1. The molecule has 0 heterocycles. The number of halogens is 1. The summed E-state index contributed by atoms with van der Waals surface area (Å²) in [7, 11) is 0. The Bertz CT molecular complexity index is 751. The van der Waals surface area contributed by atoms with Gasteiger partial charge >= 0.3 is 0 Å². The summed E-state index contributed by atoms with van der Waals surface area (Å²) in [6, 6.07) is 13.4. The number of hydrogen-bond donors (Lipinski definition) is 0. The van der Waals surface area contributed by atoms with Crippen molar-refractivity contribution in [2.24, 2.45) is 5.11 Å². The monoisotopic (exact) mass is 281 g/mol. The number of carbonyl (C=O) groups excluding carboxylic acids is 1. The van der Waals surface area contributed by atoms with Gasteiger partial charge in [0.1, 0.15) is 0 Å². The van der Waals surface area contributed by atoms with Crippen LogP contribution in [0.3, 0.4) is 0 Å². The first kappa shape index (κ1) is 13.7. The van der Waals surface area contributed by atoms with E-state index in [0.717, 1.165) is 0 Å². The summed E-state index contributed by atoms with van der Waals surface area (Å²) < 4.78 is 0. The Morgan fingerprint density at radius 1 is 1.15 bits per heavy atom. The predicted molar refractivity (Wildman–Crippen MR) is 77.9 cm³/mol. The molecule has 20 heavy (non-hydrogen) atoms. The Balaban J connectivity index is 2.30. The molecule has 0 saturated carbocycles. The third-order valence-electron chi connectivity index (χ3n) is 2.47. The van der Waals surface area contributed by atoms with E-state index in [1.807, 2.05) is 0 Å². The molecule has 0 unspecified atom stereocenters. The molecule has 0 spiro atoms. The van der Waals surface area contributed by atoms with Gasteiger partial charge in [0.2, 0.25) is 5.78 Å². The van der Waals surface area contributed by atoms with Crippen molar-refractivity contribution < 1.29 is 4.79 Å². The topological polar surface area (TPSA) is 65.8 Å². The summed E-state index contributed by atoms with van der Waals surface area (Å²) in [6.45, 7) is 0. The van der Waals surface area contributed by atoms with Crippen LogP contribution in [0.1, 0.15) is 15.9 Å². The normalized spacial score (nSPS) is 9.05. The van der Waals surface area contributed by atoms with Gasteiger partial charge in [0.15, 0.2) is 0 Å². The third-order valence-corrected chi connectivity index (χ3v) is 2.72. The zero-order valence-electron chi connectivity index (χ0n) is 10.2. The molecule has 0 aliphatic heterocycles. The lowest BCUT2D eigenvalue weighted by Gasteiger charge is -1.98. The van der Waals surface area contributed by atoms with E-state index in [4.69, 9.17) is 17.1 Å². The van der Waals surface area contributed by atoms with Crippen molar-refractivity contribution in [1.82, 2.24) is 0 Å². The second-order valence-electron chi connectivity index (χ2n) is 3.79. The van der Waals surface area contributed by atoms with Gasteiger partial charge in [-0.05, 0) is 41.8 Å². The maximum absolute atomic E-state index is 12.0. The van der Waals surface area contributed by atoms with Crippen LogP contribution in [0.5, 0.6) is 0 Å². The van der Waals surface area contributed by atoms with Gasteiger partial charge in [-0.3, -0.25) is 4.79 Å². The maximum Gasteiger partial charge on any atom is 0.236 e. The zero-order valence-corrected chi connectivity index (χ0v) is 11.0. The SMILES string of the molecule is [N-]=[N+]=Nc1ccccc1C(=O)C#Cc1ccc(Cl)cc1. The molecular weight excluding hydrogens is 274 g/mol. The fourth-order valence-electron chi connectivity index (χ4n) is 1.53. The van der Waals surface area contributed by atoms with Gasteiger partial charge < -0.3 is 0 Å². The zero-order chi connectivity index (χ0) is 14.4. The standard InChI is InChI=1S/C15H8ClN3O/c16-12-8-5-11(6-9-12)7-10-15(20)13-3-1-2-4-14(13)18-19-17/h1-6,8-9H. The summed E-state index contributed by atoms with van der Waals surface area (Å²) >= 11 is 5.76. The maximum atomic E-state index is 12.0. The van der Waals surface area contributed by atoms with E-state index in [2.05, 4.69) is 21.9 Å². The number of Topliss-reactive ketones (excluding diaryl/α,β-unsaturated/α-hetero) is 1. The minimum absolute atomic E-state index is 0.269. The van der Waals surface area contributed by atoms with Crippen molar-refractivity contribution in [3.05, 3.63) is 75.1 Å². The fraction of sp³-hybridized carbons (Fsp3) is 0. The summed E-state index contributed by atoms with van der Waals surface area (Å²) in [5, 5.41) is 4.08. The average Bonchev–Trinajstić information content (AvgIpc) is 2.47. The highest BCUT2D eigenvalue weighted by molar-refractivity contribution is 6.30. The molecule has 5 heteroatoms. The highest BCUT2D eigenvalue weighted by atomic mass is 35.5. The molecule has 96 valence electrons. The number of hydrogen-bond acceptors (Lipinski definition) is 2. The average molecular weight is 282 g/mol. The predicted octanol–water partition coefficient (Wildman–Crippen LogP) is 4.52. The number of azide groups is 1. The minimum atomic E-state index is -0.400. The summed E-state index contributed by atoms with van der Waals surface area (Å²) in [4.78, 5) is 14.7. The van der Waals surface area contributed by atoms with Crippen LogP contribution in [0.4, 0.5) is 5.69 Å². The lowest BCUT2D eigenvalue weighted by molar-refractivity contribution is 0.105. The van der Waals surface area contributed by atoms with Crippen molar-refractivity contribution in [2.45, 2.75) is 0 Å². The molecular formula is C15H8ClN3O. The second-order valence-corrected chi connectivity index (χ2v) is 4.23. The lowest BCUT2D eigenvalue weighted by atomic mass is 10.1. The molecule has 0 atom stereocenters. The largest absolute Gasteiger partial charge is 0.279 e. The quantitative estimate of drug-likeness (QED) is 0.262. The van der Waals surface area contributed by atoms with E-state index in [0.29, 0.717) is 10.6 Å².